The molecular formula is C51H35N5O. The SMILES string of the molecule is c1ccc(C2=NC(c3ccccc3)NC(c3ccc(-n4c5ccccc5c5ccc6c7ccc8oc9ccccc9c8c7n(-c7ccccc7)c6c54)cc3)N2)cc1. The minimum Gasteiger partial charge on any atom is -0.456 e. The molecule has 0 fully saturated rings. The van der Waals surface area contributed by atoms with Crippen LogP contribution in [0.3, 0.4) is 0 Å². The van der Waals surface area contributed by atoms with Crippen molar-refractivity contribution in [2.24, 2.45) is 4.99 Å². The molecule has 6 nitrogen and oxygen atoms in total. The van der Waals surface area contributed by atoms with Crippen LogP contribution in [0, 0.1) is 0 Å². The van der Waals surface area contributed by atoms with Gasteiger partial charge in [0.15, 0.2) is 0 Å². The van der Waals surface area contributed by atoms with Crippen LogP contribution in [0.1, 0.15) is 29.0 Å². The van der Waals surface area contributed by atoms with Crippen LogP contribution < -0.4 is 10.6 Å². The first kappa shape index (κ1) is 31.9. The molecule has 2 unspecified atom stereocenters. The number of hydrogen-bond acceptors (Lipinski definition) is 4. The fraction of sp³-hybridized carbons (Fsp3) is 0.0392. The first-order valence-electron chi connectivity index (χ1n) is 19.5. The number of nitrogens with zero attached hydrogens (tertiary/aromatic N) is 3. The number of aliphatic imine (C=N–C) groups is 1. The summed E-state index contributed by atoms with van der Waals surface area (Å²) < 4.78 is 11.4. The molecule has 270 valence electrons. The molecule has 0 amide bonds. The van der Waals surface area contributed by atoms with Gasteiger partial charge in [0.05, 0.1) is 27.5 Å². The van der Waals surface area contributed by atoms with Gasteiger partial charge in [-0.05, 0) is 59.7 Å². The highest BCUT2D eigenvalue weighted by Crippen LogP contribution is 2.45. The predicted octanol–water partition coefficient (Wildman–Crippen LogP) is 12.1. The molecule has 2 N–H and O–H groups in total. The van der Waals surface area contributed by atoms with Crippen LogP contribution in [-0.2, 0) is 0 Å². The van der Waals surface area contributed by atoms with Gasteiger partial charge in [-0.25, -0.2) is 4.99 Å². The lowest BCUT2D eigenvalue weighted by molar-refractivity contribution is 0.409. The number of aromatic nitrogens is 2. The highest BCUT2D eigenvalue weighted by atomic mass is 16.3. The molecule has 57 heavy (non-hydrogen) atoms. The van der Waals surface area contributed by atoms with E-state index in [0.29, 0.717) is 0 Å². The predicted molar refractivity (Wildman–Crippen MR) is 234 cm³/mol. The lowest BCUT2D eigenvalue weighted by Crippen LogP contribution is -2.44. The molecule has 6 heteroatoms. The van der Waals surface area contributed by atoms with E-state index in [-0.39, 0.29) is 12.3 Å². The Morgan fingerprint density at radius 3 is 1.82 bits per heavy atom. The largest absolute Gasteiger partial charge is 0.456 e. The molecule has 0 aliphatic carbocycles. The summed E-state index contributed by atoms with van der Waals surface area (Å²) in [5.41, 5.74) is 11.9. The second-order valence-electron chi connectivity index (χ2n) is 14.8. The molecule has 0 bridgehead atoms. The quantitative estimate of drug-likeness (QED) is 0.185. The van der Waals surface area contributed by atoms with E-state index in [4.69, 9.17) is 9.41 Å². The van der Waals surface area contributed by atoms with Crippen molar-refractivity contribution in [2.75, 3.05) is 0 Å². The lowest BCUT2D eigenvalue weighted by atomic mass is 10.1. The average Bonchev–Trinajstić information content (AvgIpc) is 3.95. The highest BCUT2D eigenvalue weighted by molar-refractivity contribution is 6.29. The average molecular weight is 734 g/mol. The molecule has 1 aliphatic heterocycles. The Bertz CT molecular complexity index is 3340. The fourth-order valence-electron chi connectivity index (χ4n) is 9.04. The van der Waals surface area contributed by atoms with Gasteiger partial charge in [-0.1, -0.05) is 140 Å². The van der Waals surface area contributed by atoms with Crippen LogP contribution in [0.4, 0.5) is 0 Å². The third-order valence-electron chi connectivity index (χ3n) is 11.6. The van der Waals surface area contributed by atoms with E-state index in [2.05, 4.69) is 190 Å². The summed E-state index contributed by atoms with van der Waals surface area (Å²) >= 11 is 0. The molecule has 0 radical (unpaired) electrons. The number of fused-ring (bicyclic) bond motifs is 11. The second-order valence-corrected chi connectivity index (χ2v) is 14.8. The molecule has 0 saturated carbocycles. The maximum Gasteiger partial charge on any atom is 0.137 e. The summed E-state index contributed by atoms with van der Waals surface area (Å²) in [5, 5.41) is 14.5. The first-order valence-corrected chi connectivity index (χ1v) is 19.5. The van der Waals surface area contributed by atoms with Gasteiger partial charge in [0, 0.05) is 43.9 Å². The summed E-state index contributed by atoms with van der Waals surface area (Å²) in [6.07, 6.45) is -0.355. The molecule has 2 atom stereocenters. The number of para-hydroxylation sites is 3. The molecule has 11 aromatic rings. The van der Waals surface area contributed by atoms with Crippen LogP contribution in [0.25, 0.3) is 76.9 Å². The van der Waals surface area contributed by atoms with Gasteiger partial charge in [0.2, 0.25) is 0 Å². The van der Waals surface area contributed by atoms with Gasteiger partial charge < -0.3 is 18.9 Å². The van der Waals surface area contributed by atoms with Crippen LogP contribution >= 0.6 is 0 Å². The van der Waals surface area contributed by atoms with Gasteiger partial charge >= 0.3 is 0 Å². The number of rotatable bonds is 5. The summed E-state index contributed by atoms with van der Waals surface area (Å²) in [6, 6.07) is 66.7. The van der Waals surface area contributed by atoms with Crippen molar-refractivity contribution in [3.63, 3.8) is 0 Å². The third-order valence-corrected chi connectivity index (χ3v) is 11.6. The summed E-state index contributed by atoms with van der Waals surface area (Å²) in [4.78, 5) is 5.12. The smallest absolute Gasteiger partial charge is 0.137 e. The van der Waals surface area contributed by atoms with Crippen molar-refractivity contribution in [1.29, 1.82) is 0 Å². The van der Waals surface area contributed by atoms with Gasteiger partial charge in [-0.3, -0.25) is 5.32 Å². The van der Waals surface area contributed by atoms with E-state index in [1.54, 1.807) is 0 Å². The van der Waals surface area contributed by atoms with Crippen molar-refractivity contribution < 1.29 is 4.42 Å². The molecule has 4 heterocycles. The number of hydrogen-bond donors (Lipinski definition) is 2. The molecule has 3 aromatic heterocycles. The van der Waals surface area contributed by atoms with Crippen LogP contribution in [0.2, 0.25) is 0 Å². The van der Waals surface area contributed by atoms with E-state index in [0.717, 1.165) is 72.4 Å². The number of furan rings is 1. The lowest BCUT2D eigenvalue weighted by Gasteiger charge is -2.32. The Kier molecular flexibility index (Phi) is 7.03. The molecular weight excluding hydrogens is 699 g/mol. The second kappa shape index (κ2) is 12.6. The minimum absolute atomic E-state index is 0.158. The number of amidine groups is 1. The number of benzene rings is 8. The fourth-order valence-corrected chi connectivity index (χ4v) is 9.04. The Labute approximate surface area is 327 Å². The van der Waals surface area contributed by atoms with Gasteiger partial charge in [0.25, 0.3) is 0 Å². The standard InChI is InChI=1S/C51H35N5O/c1-4-14-32(15-5-1)49-52-50(33-16-6-2-7-17-33)54-51(53-49)34-24-26-36(27-25-34)55-42-22-12-10-20-37(42)38-28-29-40-39-30-31-44-45(41-21-11-13-23-43(41)57-44)46(39)56(48(40)47(38)55)35-18-8-3-9-19-35/h1-31,49,51,53H,(H,52,54). The van der Waals surface area contributed by atoms with E-state index in [1.807, 2.05) is 18.2 Å². The van der Waals surface area contributed by atoms with Crippen LogP contribution in [0.5, 0.6) is 0 Å². The van der Waals surface area contributed by atoms with Crippen molar-refractivity contribution >= 4 is 71.4 Å². The Hall–Kier alpha value is -7.41. The van der Waals surface area contributed by atoms with Crippen molar-refractivity contribution in [3.8, 4) is 11.4 Å². The Morgan fingerprint density at radius 2 is 1.04 bits per heavy atom. The molecule has 8 aromatic carbocycles. The van der Waals surface area contributed by atoms with Crippen LogP contribution in [0.15, 0.2) is 197 Å². The molecule has 1 aliphatic rings. The summed E-state index contributed by atoms with van der Waals surface area (Å²) in [6.45, 7) is 0. The van der Waals surface area contributed by atoms with Gasteiger partial charge in [0.1, 0.15) is 29.3 Å². The van der Waals surface area contributed by atoms with Crippen molar-refractivity contribution in [2.45, 2.75) is 12.3 Å². The zero-order valence-electron chi connectivity index (χ0n) is 30.8. The third kappa shape index (κ3) is 4.91. The van der Waals surface area contributed by atoms with E-state index in [1.165, 1.54) is 27.1 Å². The zero-order valence-corrected chi connectivity index (χ0v) is 30.8. The topological polar surface area (TPSA) is 59.4 Å². The van der Waals surface area contributed by atoms with Gasteiger partial charge in [-0.15, -0.1) is 0 Å². The molecule has 0 spiro atoms. The van der Waals surface area contributed by atoms with Crippen LogP contribution in [-0.4, -0.2) is 15.0 Å². The normalized spacial score (nSPS) is 15.9. The zero-order chi connectivity index (χ0) is 37.5. The number of nitrogens with one attached hydrogen (secondary N) is 2. The van der Waals surface area contributed by atoms with Crippen molar-refractivity contribution in [1.82, 2.24) is 19.8 Å². The maximum atomic E-state index is 6.46. The monoisotopic (exact) mass is 733 g/mol. The first-order chi connectivity index (χ1) is 28.3. The Morgan fingerprint density at radius 1 is 0.439 bits per heavy atom. The van der Waals surface area contributed by atoms with E-state index >= 15 is 0 Å². The Balaban J connectivity index is 1.08. The van der Waals surface area contributed by atoms with Crippen molar-refractivity contribution in [3.05, 3.63) is 205 Å². The summed E-state index contributed by atoms with van der Waals surface area (Å²) in [7, 11) is 0. The van der Waals surface area contributed by atoms with E-state index < -0.39 is 0 Å². The summed E-state index contributed by atoms with van der Waals surface area (Å²) in [5.74, 6) is 0.871. The minimum atomic E-state index is -0.198. The molecule has 0 saturated heterocycles. The van der Waals surface area contributed by atoms with Gasteiger partial charge in [-0.2, -0.15) is 0 Å². The van der Waals surface area contributed by atoms with E-state index in [9.17, 15) is 0 Å². The highest BCUT2D eigenvalue weighted by Gasteiger charge is 2.27. The molecule has 12 rings (SSSR count). The maximum absolute atomic E-state index is 6.46.